The molecule has 0 radical (unpaired) electrons. The normalized spacial score (nSPS) is 21.9. The van der Waals surface area contributed by atoms with Crippen molar-refractivity contribution in [3.63, 3.8) is 0 Å². The van der Waals surface area contributed by atoms with Crippen LogP contribution >= 0.6 is 0 Å². The molecular formula is C31H49N9O6. The molecule has 0 bridgehead atoms. The number of nitrogens with one attached hydrogen (secondary N) is 4. The van der Waals surface area contributed by atoms with E-state index in [0.29, 0.717) is 12.3 Å². The third-order valence-electron chi connectivity index (χ3n) is 7.41. The Morgan fingerprint density at radius 3 is 2.17 bits per heavy atom. The van der Waals surface area contributed by atoms with E-state index in [9.17, 15) is 28.8 Å². The molecule has 1 aliphatic heterocycles. The van der Waals surface area contributed by atoms with E-state index in [-0.39, 0.29) is 25.3 Å². The Kier molecular flexibility index (Phi) is 14.4. The van der Waals surface area contributed by atoms with Crippen LogP contribution in [-0.2, 0) is 41.6 Å². The van der Waals surface area contributed by atoms with Crippen molar-refractivity contribution in [3.8, 4) is 0 Å². The highest BCUT2D eigenvalue weighted by Gasteiger charge is 2.37. The monoisotopic (exact) mass is 643 g/mol. The van der Waals surface area contributed by atoms with Crippen LogP contribution in [0.3, 0.4) is 0 Å². The third-order valence-corrected chi connectivity index (χ3v) is 7.41. The summed E-state index contributed by atoms with van der Waals surface area (Å²) < 4.78 is 0. The first-order chi connectivity index (χ1) is 21.6. The predicted molar refractivity (Wildman–Crippen MR) is 173 cm³/mol. The number of benzene rings is 1. The smallest absolute Gasteiger partial charge is 0.245 e. The van der Waals surface area contributed by atoms with Gasteiger partial charge in [0.25, 0.3) is 0 Å². The molecule has 0 aliphatic carbocycles. The molecule has 254 valence electrons. The number of hydrogen-bond acceptors (Lipinski definition) is 7. The van der Waals surface area contributed by atoms with E-state index in [4.69, 9.17) is 17.2 Å². The Labute approximate surface area is 269 Å². The van der Waals surface area contributed by atoms with Crippen molar-refractivity contribution in [3.05, 3.63) is 35.4 Å². The molecule has 1 fully saturated rings. The Balaban J connectivity index is 2.54. The van der Waals surface area contributed by atoms with Crippen molar-refractivity contribution in [2.24, 2.45) is 34.0 Å². The standard InChI is InChI=1S/C31H49N9O6/c1-17(2)12-19-8-6-9-20(13-19)14-23-30(46)40(5)26(18(3)4)29(45)38-21(10-7-11-35-31(33)34)27(43)36-16-25(42)37-22(15-24(32)41)28(44)39-23/h6,8-9,13,17-18,21-23,26H,7,10-12,14-16H2,1-5H3,(H2,32,41)(H,36,43)(H,37,42)(H,38,45)(H,39,44)(H4,33,34,35)/t21-,22-,23+,26-/m0/s1. The van der Waals surface area contributed by atoms with Crippen LogP contribution in [0.25, 0.3) is 0 Å². The number of rotatable bonds is 11. The zero-order valence-corrected chi connectivity index (χ0v) is 27.3. The third kappa shape index (κ3) is 12.0. The Morgan fingerprint density at radius 1 is 0.913 bits per heavy atom. The van der Waals surface area contributed by atoms with Gasteiger partial charge in [-0.25, -0.2) is 0 Å². The van der Waals surface area contributed by atoms with Gasteiger partial charge in [-0.1, -0.05) is 52.0 Å². The minimum Gasteiger partial charge on any atom is -0.370 e. The van der Waals surface area contributed by atoms with E-state index in [2.05, 4.69) is 40.1 Å². The number of nitrogens with two attached hydrogens (primary N) is 3. The zero-order chi connectivity index (χ0) is 34.6. The number of amides is 6. The fraction of sp³-hybridized carbons (Fsp3) is 0.581. The number of primary amides is 1. The van der Waals surface area contributed by atoms with E-state index in [1.807, 2.05) is 24.3 Å². The van der Waals surface area contributed by atoms with Crippen LogP contribution in [-0.4, -0.2) is 90.6 Å². The Bertz CT molecular complexity index is 1290. The average molecular weight is 644 g/mol. The molecule has 6 amide bonds. The lowest BCUT2D eigenvalue weighted by molar-refractivity contribution is -0.144. The lowest BCUT2D eigenvalue weighted by Gasteiger charge is -2.34. The largest absolute Gasteiger partial charge is 0.370 e. The summed E-state index contributed by atoms with van der Waals surface area (Å²) in [6.07, 6.45) is 0.770. The van der Waals surface area contributed by atoms with Crippen LogP contribution in [0, 0.1) is 11.8 Å². The molecule has 1 saturated heterocycles. The Morgan fingerprint density at radius 2 is 1.57 bits per heavy atom. The van der Waals surface area contributed by atoms with Crippen molar-refractivity contribution < 1.29 is 28.8 Å². The minimum atomic E-state index is -1.42. The van der Waals surface area contributed by atoms with Gasteiger partial charge in [-0.15, -0.1) is 0 Å². The second kappa shape index (κ2) is 17.7. The molecular weight excluding hydrogens is 594 g/mol. The lowest BCUT2D eigenvalue weighted by atomic mass is 9.96. The topological polar surface area (TPSA) is 244 Å². The SMILES string of the molecule is CC(C)Cc1cccc(C[C@H]2NC(=O)[C@H](CC(N)=O)NC(=O)CNC(=O)[C@H](CCCN=C(N)N)NC(=O)[C@H](C(C)C)N(C)C2=O)c1. The molecule has 4 atom stereocenters. The van der Waals surface area contributed by atoms with Crippen LogP contribution in [0.4, 0.5) is 0 Å². The molecule has 1 aliphatic rings. The number of carbonyl (C=O) groups is 6. The molecule has 10 N–H and O–H groups in total. The van der Waals surface area contributed by atoms with Crippen LogP contribution in [0.5, 0.6) is 0 Å². The first kappa shape index (κ1) is 37.5. The van der Waals surface area contributed by atoms with E-state index in [1.165, 1.54) is 11.9 Å². The zero-order valence-electron chi connectivity index (χ0n) is 27.3. The maximum Gasteiger partial charge on any atom is 0.245 e. The van der Waals surface area contributed by atoms with Crippen LogP contribution < -0.4 is 38.5 Å². The summed E-state index contributed by atoms with van der Waals surface area (Å²) in [6, 6.07) is 2.92. The van der Waals surface area contributed by atoms with Gasteiger partial charge < -0.3 is 43.4 Å². The van der Waals surface area contributed by atoms with Gasteiger partial charge >= 0.3 is 0 Å². The summed E-state index contributed by atoms with van der Waals surface area (Å²) in [5, 5.41) is 10.3. The molecule has 0 aromatic heterocycles. The minimum absolute atomic E-state index is 0.0674. The van der Waals surface area contributed by atoms with Gasteiger partial charge in [0, 0.05) is 20.0 Å². The van der Waals surface area contributed by atoms with E-state index >= 15 is 0 Å². The molecule has 1 aromatic carbocycles. The summed E-state index contributed by atoms with van der Waals surface area (Å²) in [7, 11) is 1.45. The van der Waals surface area contributed by atoms with E-state index in [0.717, 1.165) is 17.5 Å². The molecule has 0 saturated carbocycles. The fourth-order valence-corrected chi connectivity index (χ4v) is 5.35. The molecule has 15 heteroatoms. The van der Waals surface area contributed by atoms with Crippen molar-refractivity contribution in [1.82, 2.24) is 26.2 Å². The highest BCUT2D eigenvalue weighted by atomic mass is 16.2. The van der Waals surface area contributed by atoms with Crippen molar-refractivity contribution in [2.75, 3.05) is 20.1 Å². The maximum absolute atomic E-state index is 14.1. The number of carbonyl (C=O) groups excluding carboxylic acids is 6. The van der Waals surface area contributed by atoms with Gasteiger partial charge in [-0.3, -0.25) is 33.8 Å². The number of guanidine groups is 1. The van der Waals surface area contributed by atoms with Gasteiger partial charge in [-0.2, -0.15) is 0 Å². The number of nitrogens with zero attached hydrogens (tertiary/aromatic N) is 2. The van der Waals surface area contributed by atoms with Gasteiger partial charge in [0.1, 0.15) is 24.2 Å². The number of hydrogen-bond donors (Lipinski definition) is 7. The van der Waals surface area contributed by atoms with Crippen molar-refractivity contribution >= 4 is 41.4 Å². The van der Waals surface area contributed by atoms with E-state index in [1.54, 1.807) is 13.8 Å². The fourth-order valence-electron chi connectivity index (χ4n) is 5.35. The lowest BCUT2D eigenvalue weighted by Crippen LogP contribution is -2.59. The molecule has 0 spiro atoms. The first-order valence-corrected chi connectivity index (χ1v) is 15.4. The molecule has 1 aromatic rings. The van der Waals surface area contributed by atoms with Gasteiger partial charge in [-0.05, 0) is 42.2 Å². The molecule has 0 unspecified atom stereocenters. The van der Waals surface area contributed by atoms with Gasteiger partial charge in [0.2, 0.25) is 35.4 Å². The summed E-state index contributed by atoms with van der Waals surface area (Å²) in [4.78, 5) is 84.2. The number of likely N-dealkylation sites (N-methyl/N-ethyl adjacent to an activating group) is 1. The summed E-state index contributed by atoms with van der Waals surface area (Å²) in [5.41, 5.74) is 18.0. The first-order valence-electron chi connectivity index (χ1n) is 15.4. The average Bonchev–Trinajstić information content (AvgIpc) is 2.95. The van der Waals surface area contributed by atoms with E-state index < -0.39 is 78.5 Å². The Hall–Kier alpha value is -4.69. The maximum atomic E-state index is 14.1. The summed E-state index contributed by atoms with van der Waals surface area (Å²) >= 11 is 0. The molecule has 15 nitrogen and oxygen atoms in total. The quantitative estimate of drug-likeness (QED) is 0.0841. The van der Waals surface area contributed by atoms with Crippen LogP contribution in [0.15, 0.2) is 29.3 Å². The predicted octanol–water partition coefficient (Wildman–Crippen LogP) is -1.58. The van der Waals surface area contributed by atoms with Crippen molar-refractivity contribution in [1.29, 1.82) is 0 Å². The highest BCUT2D eigenvalue weighted by molar-refractivity contribution is 5.98. The highest BCUT2D eigenvalue weighted by Crippen LogP contribution is 2.17. The molecule has 46 heavy (non-hydrogen) atoms. The van der Waals surface area contributed by atoms with Crippen LogP contribution in [0.1, 0.15) is 58.1 Å². The second-order valence-corrected chi connectivity index (χ2v) is 12.3. The van der Waals surface area contributed by atoms with Gasteiger partial charge in [0.15, 0.2) is 5.96 Å². The van der Waals surface area contributed by atoms with Gasteiger partial charge in [0.05, 0.1) is 13.0 Å². The second-order valence-electron chi connectivity index (χ2n) is 12.3. The molecule has 1 heterocycles. The summed E-state index contributed by atoms with van der Waals surface area (Å²) in [6.45, 7) is 7.33. The van der Waals surface area contributed by atoms with Crippen molar-refractivity contribution in [2.45, 2.75) is 84.0 Å². The molecule has 2 rings (SSSR count). The number of aliphatic imine (C=N–C) groups is 1. The van der Waals surface area contributed by atoms with Crippen LogP contribution in [0.2, 0.25) is 0 Å². The summed E-state index contributed by atoms with van der Waals surface area (Å²) in [5.74, 6) is -4.44.